The van der Waals surface area contributed by atoms with Gasteiger partial charge in [0.25, 0.3) is 0 Å². The van der Waals surface area contributed by atoms with E-state index < -0.39 is 0 Å². The molecule has 1 heterocycles. The Bertz CT molecular complexity index is 693. The Balaban J connectivity index is 1.69. The third-order valence-corrected chi connectivity index (χ3v) is 3.99. The number of carbonyl (C=O) groups excluding carboxylic acids is 2. The predicted octanol–water partition coefficient (Wildman–Crippen LogP) is 3.05. The van der Waals surface area contributed by atoms with Gasteiger partial charge in [0.15, 0.2) is 0 Å². The van der Waals surface area contributed by atoms with Gasteiger partial charge in [0.2, 0.25) is 11.8 Å². The zero-order valence-electron chi connectivity index (χ0n) is 12.9. The van der Waals surface area contributed by atoms with Crippen LogP contribution in [0.2, 0.25) is 5.02 Å². The number of benzene rings is 1. The lowest BCUT2D eigenvalue weighted by molar-refractivity contribution is -0.114. The van der Waals surface area contributed by atoms with Crippen molar-refractivity contribution >= 4 is 46.7 Å². The van der Waals surface area contributed by atoms with Gasteiger partial charge in [-0.1, -0.05) is 11.6 Å². The Morgan fingerprint density at radius 3 is 2.33 bits per heavy atom. The molecule has 24 heavy (non-hydrogen) atoms. The van der Waals surface area contributed by atoms with Crippen LogP contribution in [-0.4, -0.2) is 35.4 Å². The van der Waals surface area contributed by atoms with Crippen LogP contribution < -0.4 is 15.4 Å². The van der Waals surface area contributed by atoms with Crippen LogP contribution in [0.4, 0.5) is 11.5 Å². The summed E-state index contributed by atoms with van der Waals surface area (Å²) in [5.74, 6) is 1.06. The molecule has 0 aliphatic rings. The maximum atomic E-state index is 11.8. The second-order valence-corrected chi connectivity index (χ2v) is 6.10. The molecule has 2 aromatic rings. The Kier molecular flexibility index (Phi) is 6.89. The summed E-state index contributed by atoms with van der Waals surface area (Å²) in [5.41, 5.74) is 0.677. The summed E-state index contributed by atoms with van der Waals surface area (Å²) in [7, 11) is 1.58. The van der Waals surface area contributed by atoms with E-state index in [1.54, 1.807) is 43.5 Å². The molecule has 0 aliphatic heterocycles. The number of carbonyl (C=O) groups is 2. The van der Waals surface area contributed by atoms with Crippen molar-refractivity contribution in [3.05, 3.63) is 47.6 Å². The molecule has 0 fully saturated rings. The summed E-state index contributed by atoms with van der Waals surface area (Å²) in [6.07, 6.45) is 1.45. The van der Waals surface area contributed by atoms with Crippen LogP contribution in [0.5, 0.6) is 5.75 Å². The van der Waals surface area contributed by atoms with E-state index in [2.05, 4.69) is 15.6 Å². The van der Waals surface area contributed by atoms with Gasteiger partial charge >= 0.3 is 0 Å². The highest BCUT2D eigenvalue weighted by Gasteiger charge is 2.07. The Morgan fingerprint density at radius 1 is 1.08 bits per heavy atom. The van der Waals surface area contributed by atoms with Gasteiger partial charge in [-0.15, -0.1) is 11.8 Å². The van der Waals surface area contributed by atoms with Gasteiger partial charge in [-0.05, 0) is 36.4 Å². The molecule has 0 atom stereocenters. The zero-order valence-corrected chi connectivity index (χ0v) is 14.5. The van der Waals surface area contributed by atoms with Crippen molar-refractivity contribution in [2.24, 2.45) is 0 Å². The quantitative estimate of drug-likeness (QED) is 0.788. The molecule has 6 nitrogen and oxygen atoms in total. The van der Waals surface area contributed by atoms with Crippen molar-refractivity contribution in [1.29, 1.82) is 0 Å². The Hall–Kier alpha value is -2.25. The molecule has 2 rings (SSSR count). The number of nitrogens with one attached hydrogen (secondary N) is 2. The smallest absolute Gasteiger partial charge is 0.235 e. The van der Waals surface area contributed by atoms with Gasteiger partial charge < -0.3 is 15.4 Å². The fraction of sp³-hybridized carbons (Fsp3) is 0.188. The summed E-state index contributed by atoms with van der Waals surface area (Å²) in [5, 5.41) is 5.88. The van der Waals surface area contributed by atoms with E-state index in [1.807, 2.05) is 0 Å². The van der Waals surface area contributed by atoms with Gasteiger partial charge in [-0.25, -0.2) is 4.98 Å². The molecule has 0 saturated carbocycles. The number of halogens is 1. The maximum absolute atomic E-state index is 11.8. The SMILES string of the molecule is COc1ccc(NC(=O)CSCC(=O)Nc2ccc(Cl)cn2)cc1. The maximum Gasteiger partial charge on any atom is 0.235 e. The molecular formula is C16H16ClN3O3S. The largest absolute Gasteiger partial charge is 0.497 e. The number of methoxy groups -OCH3 is 1. The average Bonchev–Trinajstić information content (AvgIpc) is 2.57. The molecule has 1 aromatic heterocycles. The molecular weight excluding hydrogens is 350 g/mol. The van der Waals surface area contributed by atoms with Crippen molar-refractivity contribution in [3.8, 4) is 5.75 Å². The topological polar surface area (TPSA) is 80.3 Å². The van der Waals surface area contributed by atoms with E-state index in [0.29, 0.717) is 16.5 Å². The summed E-state index contributed by atoms with van der Waals surface area (Å²) >= 11 is 6.94. The van der Waals surface area contributed by atoms with E-state index in [1.165, 1.54) is 18.0 Å². The van der Waals surface area contributed by atoms with Crippen LogP contribution in [0.1, 0.15) is 0 Å². The number of hydrogen-bond donors (Lipinski definition) is 2. The summed E-state index contributed by atoms with van der Waals surface area (Å²) in [6, 6.07) is 10.3. The van der Waals surface area contributed by atoms with Crippen molar-refractivity contribution < 1.29 is 14.3 Å². The number of anilines is 2. The van der Waals surface area contributed by atoms with Crippen LogP contribution >= 0.6 is 23.4 Å². The van der Waals surface area contributed by atoms with Gasteiger partial charge in [-0.2, -0.15) is 0 Å². The average molecular weight is 366 g/mol. The van der Waals surface area contributed by atoms with Gasteiger partial charge in [0, 0.05) is 11.9 Å². The lowest BCUT2D eigenvalue weighted by atomic mass is 10.3. The Labute approximate surface area is 148 Å². The monoisotopic (exact) mass is 365 g/mol. The first-order chi connectivity index (χ1) is 11.6. The highest BCUT2D eigenvalue weighted by Crippen LogP contribution is 2.15. The molecule has 0 saturated heterocycles. The summed E-state index contributed by atoms with van der Waals surface area (Å²) in [6.45, 7) is 0. The van der Waals surface area contributed by atoms with Crippen molar-refractivity contribution in [1.82, 2.24) is 4.98 Å². The number of amides is 2. The number of rotatable bonds is 7. The number of nitrogens with zero attached hydrogens (tertiary/aromatic N) is 1. The van der Waals surface area contributed by atoms with Crippen LogP contribution in [0.25, 0.3) is 0 Å². The lowest BCUT2D eigenvalue weighted by Gasteiger charge is -2.07. The highest BCUT2D eigenvalue weighted by molar-refractivity contribution is 8.00. The predicted molar refractivity (Wildman–Crippen MR) is 96.8 cm³/mol. The number of aromatic nitrogens is 1. The van der Waals surface area contributed by atoms with Gasteiger partial charge in [0.05, 0.1) is 23.6 Å². The highest BCUT2D eigenvalue weighted by atomic mass is 35.5. The number of hydrogen-bond acceptors (Lipinski definition) is 5. The van der Waals surface area contributed by atoms with Crippen molar-refractivity contribution in [2.45, 2.75) is 0 Å². The first-order valence-electron chi connectivity index (χ1n) is 7.00. The number of pyridine rings is 1. The fourth-order valence-electron chi connectivity index (χ4n) is 1.74. The summed E-state index contributed by atoms with van der Waals surface area (Å²) in [4.78, 5) is 27.5. The minimum Gasteiger partial charge on any atom is -0.497 e. The number of ether oxygens (including phenoxy) is 1. The second kappa shape index (κ2) is 9.14. The minimum atomic E-state index is -0.230. The van der Waals surface area contributed by atoms with Crippen LogP contribution in [0.3, 0.4) is 0 Å². The second-order valence-electron chi connectivity index (χ2n) is 4.68. The van der Waals surface area contributed by atoms with Gasteiger partial charge in [0.1, 0.15) is 11.6 Å². The molecule has 0 radical (unpaired) electrons. The zero-order chi connectivity index (χ0) is 17.4. The molecule has 126 valence electrons. The molecule has 1 aromatic carbocycles. The van der Waals surface area contributed by atoms with E-state index in [4.69, 9.17) is 16.3 Å². The van der Waals surface area contributed by atoms with E-state index in [-0.39, 0.29) is 23.3 Å². The van der Waals surface area contributed by atoms with E-state index in [0.717, 1.165) is 5.75 Å². The van der Waals surface area contributed by atoms with Crippen molar-refractivity contribution in [3.63, 3.8) is 0 Å². The molecule has 8 heteroatoms. The lowest BCUT2D eigenvalue weighted by Crippen LogP contribution is -2.18. The standard InChI is InChI=1S/C16H16ClN3O3S/c1-23-13-5-3-12(4-6-13)19-15(21)9-24-10-16(22)20-14-7-2-11(17)8-18-14/h2-8H,9-10H2,1H3,(H,19,21)(H,18,20,22). The third kappa shape index (κ3) is 6.10. The fourth-order valence-corrected chi connectivity index (χ4v) is 2.47. The molecule has 2 N–H and O–H groups in total. The molecule has 0 spiro atoms. The van der Waals surface area contributed by atoms with Crippen LogP contribution in [0, 0.1) is 0 Å². The van der Waals surface area contributed by atoms with Gasteiger partial charge in [-0.3, -0.25) is 9.59 Å². The van der Waals surface area contributed by atoms with Crippen LogP contribution in [-0.2, 0) is 9.59 Å². The molecule has 0 bridgehead atoms. The van der Waals surface area contributed by atoms with E-state index in [9.17, 15) is 9.59 Å². The summed E-state index contributed by atoms with van der Waals surface area (Å²) < 4.78 is 5.05. The Morgan fingerprint density at radius 2 is 1.75 bits per heavy atom. The normalized spacial score (nSPS) is 10.1. The van der Waals surface area contributed by atoms with E-state index >= 15 is 0 Å². The molecule has 0 unspecified atom stereocenters. The first-order valence-corrected chi connectivity index (χ1v) is 8.53. The molecule has 0 aliphatic carbocycles. The number of thioether (sulfide) groups is 1. The van der Waals surface area contributed by atoms with Crippen molar-refractivity contribution in [2.75, 3.05) is 29.2 Å². The van der Waals surface area contributed by atoms with Crippen LogP contribution in [0.15, 0.2) is 42.6 Å². The minimum absolute atomic E-state index is 0.153. The first kappa shape index (κ1) is 18.1. The molecule has 2 amide bonds. The third-order valence-electron chi connectivity index (χ3n) is 2.83.